The van der Waals surface area contributed by atoms with E-state index in [4.69, 9.17) is 0 Å². The highest BCUT2D eigenvalue weighted by atomic mass is 32.2. The van der Waals surface area contributed by atoms with E-state index >= 15 is 0 Å². The van der Waals surface area contributed by atoms with Crippen LogP contribution in [0.1, 0.15) is 50.2 Å². The third-order valence-corrected chi connectivity index (χ3v) is 6.41. The average molecular weight is 311 g/mol. The maximum absolute atomic E-state index is 13.0. The van der Waals surface area contributed by atoms with E-state index in [2.05, 4.69) is 6.92 Å². The molecule has 1 saturated heterocycles. The minimum atomic E-state index is -3.49. The van der Waals surface area contributed by atoms with Crippen LogP contribution in [0.2, 0.25) is 0 Å². The zero-order chi connectivity index (χ0) is 15.5. The molecule has 0 saturated carbocycles. The van der Waals surface area contributed by atoms with Gasteiger partial charge in [-0.1, -0.05) is 31.9 Å². The van der Waals surface area contributed by atoms with Gasteiger partial charge in [0.15, 0.2) is 0 Å². The van der Waals surface area contributed by atoms with Gasteiger partial charge in [0.05, 0.1) is 11.5 Å². The normalized spacial score (nSPS) is 21.2. The Morgan fingerprint density at radius 1 is 1.29 bits per heavy atom. The van der Waals surface area contributed by atoms with Crippen molar-refractivity contribution in [3.63, 3.8) is 0 Å². The minimum Gasteiger partial charge on any atom is -0.392 e. The smallest absolute Gasteiger partial charge is 0.243 e. The van der Waals surface area contributed by atoms with Crippen molar-refractivity contribution in [3.8, 4) is 0 Å². The Morgan fingerprint density at radius 2 is 2.05 bits per heavy atom. The number of aliphatic hydroxyl groups is 1. The van der Waals surface area contributed by atoms with Crippen LogP contribution in [0, 0.1) is 6.92 Å². The summed E-state index contributed by atoms with van der Waals surface area (Å²) >= 11 is 0. The van der Waals surface area contributed by atoms with E-state index in [0.717, 1.165) is 37.7 Å². The van der Waals surface area contributed by atoms with E-state index < -0.39 is 10.0 Å². The molecule has 0 aliphatic carbocycles. The Labute approximate surface area is 127 Å². The predicted octanol–water partition coefficient (Wildman–Crippen LogP) is 2.83. The van der Waals surface area contributed by atoms with Gasteiger partial charge in [0.25, 0.3) is 0 Å². The first-order valence-electron chi connectivity index (χ1n) is 7.73. The van der Waals surface area contributed by atoms with Crippen molar-refractivity contribution in [3.05, 3.63) is 29.3 Å². The SMILES string of the molecule is CCC1CCCCCN1S(=O)(=O)c1cc(CO)ccc1C. The monoisotopic (exact) mass is 311 g/mol. The summed E-state index contributed by atoms with van der Waals surface area (Å²) in [6.07, 6.45) is 4.90. The van der Waals surface area contributed by atoms with Gasteiger partial charge < -0.3 is 5.11 Å². The van der Waals surface area contributed by atoms with Crippen LogP contribution in [0.15, 0.2) is 23.1 Å². The molecule has 1 heterocycles. The van der Waals surface area contributed by atoms with Crippen LogP contribution in [0.3, 0.4) is 0 Å². The summed E-state index contributed by atoms with van der Waals surface area (Å²) in [5.41, 5.74) is 1.38. The summed E-state index contributed by atoms with van der Waals surface area (Å²) in [4.78, 5) is 0.342. The zero-order valence-corrected chi connectivity index (χ0v) is 13.7. The van der Waals surface area contributed by atoms with E-state index in [1.807, 2.05) is 6.92 Å². The van der Waals surface area contributed by atoms with Gasteiger partial charge in [-0.2, -0.15) is 4.31 Å². The number of sulfonamides is 1. The molecule has 1 aromatic carbocycles. The van der Waals surface area contributed by atoms with Crippen LogP contribution >= 0.6 is 0 Å². The number of hydrogen-bond acceptors (Lipinski definition) is 3. The van der Waals surface area contributed by atoms with Gasteiger partial charge in [0.1, 0.15) is 0 Å². The molecule has 2 rings (SSSR count). The molecule has 118 valence electrons. The predicted molar refractivity (Wildman–Crippen MR) is 83.5 cm³/mol. The van der Waals surface area contributed by atoms with E-state index in [0.29, 0.717) is 17.0 Å². The number of hydrogen-bond donors (Lipinski definition) is 1. The molecule has 1 unspecified atom stereocenters. The van der Waals surface area contributed by atoms with Gasteiger partial charge in [-0.25, -0.2) is 8.42 Å². The topological polar surface area (TPSA) is 57.6 Å². The van der Waals surface area contributed by atoms with Crippen LogP contribution in [0.25, 0.3) is 0 Å². The molecule has 0 amide bonds. The molecule has 21 heavy (non-hydrogen) atoms. The fraction of sp³-hybridized carbons (Fsp3) is 0.625. The number of aliphatic hydroxyl groups excluding tert-OH is 1. The first-order chi connectivity index (χ1) is 10.0. The molecule has 1 aromatic rings. The Bertz CT molecular complexity index is 583. The maximum Gasteiger partial charge on any atom is 0.243 e. The van der Waals surface area contributed by atoms with Crippen molar-refractivity contribution in [1.82, 2.24) is 4.31 Å². The Hall–Kier alpha value is -0.910. The Kier molecular flexibility index (Phi) is 5.41. The van der Waals surface area contributed by atoms with Crippen molar-refractivity contribution >= 4 is 10.0 Å². The van der Waals surface area contributed by atoms with Gasteiger partial charge in [-0.15, -0.1) is 0 Å². The van der Waals surface area contributed by atoms with Gasteiger partial charge in [-0.3, -0.25) is 0 Å². The van der Waals surface area contributed by atoms with Crippen LogP contribution < -0.4 is 0 Å². The standard InChI is InChI=1S/C16H25NO3S/c1-3-15-7-5-4-6-10-17(15)21(19,20)16-11-14(12-18)9-8-13(16)2/h8-9,11,15,18H,3-7,10,12H2,1-2H3. The molecule has 1 aliphatic rings. The Morgan fingerprint density at radius 3 is 2.71 bits per heavy atom. The van der Waals surface area contributed by atoms with E-state index in [1.165, 1.54) is 0 Å². The highest BCUT2D eigenvalue weighted by Gasteiger charge is 2.32. The van der Waals surface area contributed by atoms with E-state index in [1.54, 1.807) is 22.5 Å². The molecule has 4 nitrogen and oxygen atoms in total. The largest absolute Gasteiger partial charge is 0.392 e. The fourth-order valence-electron chi connectivity index (χ4n) is 3.02. The summed E-state index contributed by atoms with van der Waals surface area (Å²) in [5, 5.41) is 9.26. The average Bonchev–Trinajstić information content (AvgIpc) is 2.73. The summed E-state index contributed by atoms with van der Waals surface area (Å²) in [7, 11) is -3.49. The summed E-state index contributed by atoms with van der Waals surface area (Å²) in [6, 6.07) is 5.25. The van der Waals surface area contributed by atoms with Crippen molar-refractivity contribution in [2.24, 2.45) is 0 Å². The molecule has 0 spiro atoms. The molecular weight excluding hydrogens is 286 g/mol. The highest BCUT2D eigenvalue weighted by molar-refractivity contribution is 7.89. The third kappa shape index (κ3) is 3.47. The van der Waals surface area contributed by atoms with E-state index in [-0.39, 0.29) is 12.6 Å². The minimum absolute atomic E-state index is 0.0923. The third-order valence-electron chi connectivity index (χ3n) is 4.32. The highest BCUT2D eigenvalue weighted by Crippen LogP contribution is 2.28. The summed E-state index contributed by atoms with van der Waals surface area (Å²) in [6.45, 7) is 4.33. The van der Waals surface area contributed by atoms with E-state index in [9.17, 15) is 13.5 Å². The molecule has 1 aliphatic heterocycles. The summed E-state index contributed by atoms with van der Waals surface area (Å²) < 4.78 is 27.8. The van der Waals surface area contributed by atoms with Crippen LogP contribution in [-0.4, -0.2) is 30.4 Å². The molecule has 0 radical (unpaired) electrons. The molecule has 5 heteroatoms. The summed E-state index contributed by atoms with van der Waals surface area (Å²) in [5.74, 6) is 0. The zero-order valence-electron chi connectivity index (χ0n) is 12.9. The second-order valence-corrected chi connectivity index (χ2v) is 7.64. The second kappa shape index (κ2) is 6.90. The van der Waals surface area contributed by atoms with Crippen molar-refractivity contribution in [2.45, 2.75) is 63.5 Å². The Balaban J connectivity index is 2.44. The van der Waals surface area contributed by atoms with Crippen LogP contribution in [-0.2, 0) is 16.6 Å². The van der Waals surface area contributed by atoms with Crippen LogP contribution in [0.5, 0.6) is 0 Å². The van der Waals surface area contributed by atoms with Crippen molar-refractivity contribution in [1.29, 1.82) is 0 Å². The van der Waals surface area contributed by atoms with Crippen molar-refractivity contribution < 1.29 is 13.5 Å². The van der Waals surface area contributed by atoms with Crippen molar-refractivity contribution in [2.75, 3.05) is 6.54 Å². The van der Waals surface area contributed by atoms with Gasteiger partial charge in [0.2, 0.25) is 10.0 Å². The lowest BCUT2D eigenvalue weighted by Gasteiger charge is -2.29. The number of rotatable bonds is 4. The lowest BCUT2D eigenvalue weighted by Crippen LogP contribution is -2.39. The molecule has 1 N–H and O–H groups in total. The van der Waals surface area contributed by atoms with Gasteiger partial charge >= 0.3 is 0 Å². The van der Waals surface area contributed by atoms with Gasteiger partial charge in [-0.05, 0) is 43.4 Å². The van der Waals surface area contributed by atoms with Crippen LogP contribution in [0.4, 0.5) is 0 Å². The molecule has 1 fully saturated rings. The molecular formula is C16H25NO3S. The number of benzene rings is 1. The molecule has 0 aromatic heterocycles. The quantitative estimate of drug-likeness (QED) is 0.930. The van der Waals surface area contributed by atoms with Gasteiger partial charge in [0, 0.05) is 12.6 Å². The number of nitrogens with zero attached hydrogens (tertiary/aromatic N) is 1. The second-order valence-electron chi connectivity index (χ2n) is 5.79. The lowest BCUT2D eigenvalue weighted by atomic mass is 10.1. The molecule has 0 bridgehead atoms. The maximum atomic E-state index is 13.0. The fourth-order valence-corrected chi connectivity index (χ4v) is 5.07. The lowest BCUT2D eigenvalue weighted by molar-refractivity contribution is 0.281. The first kappa shape index (κ1) is 16.5. The number of aryl methyl sites for hydroxylation is 1. The first-order valence-corrected chi connectivity index (χ1v) is 9.17. The molecule has 1 atom stereocenters.